The van der Waals surface area contributed by atoms with E-state index in [4.69, 9.17) is 4.74 Å². The fraction of sp³-hybridized carbons (Fsp3) is 0.588. The van der Waals surface area contributed by atoms with Crippen molar-refractivity contribution in [2.24, 2.45) is 19.5 Å². The zero-order valence-corrected chi connectivity index (χ0v) is 16.2. The van der Waals surface area contributed by atoms with Gasteiger partial charge in [-0.2, -0.15) is 0 Å². The fourth-order valence-corrected chi connectivity index (χ4v) is 4.80. The van der Waals surface area contributed by atoms with E-state index in [-0.39, 0.29) is 16.0 Å². The second-order valence-electron chi connectivity index (χ2n) is 7.06. The number of nitrogens with one attached hydrogen (secondary N) is 2. The molecule has 1 aromatic carbocycles. The molecule has 9 heteroatoms. The van der Waals surface area contributed by atoms with Crippen LogP contribution in [0.5, 0.6) is 0 Å². The number of imidazole rings is 1. The Labute approximate surface area is 153 Å². The maximum absolute atomic E-state index is 12.8. The van der Waals surface area contributed by atoms with Crippen molar-refractivity contribution < 1.29 is 13.2 Å². The van der Waals surface area contributed by atoms with Crippen molar-refractivity contribution in [1.29, 1.82) is 0 Å². The summed E-state index contributed by atoms with van der Waals surface area (Å²) in [4.78, 5) is 12.2. The molecule has 8 nitrogen and oxygen atoms in total. The highest BCUT2D eigenvalue weighted by Crippen LogP contribution is 2.29. The zero-order valence-electron chi connectivity index (χ0n) is 15.4. The molecular weight excluding hydrogens is 356 g/mol. The molecule has 0 aliphatic carbocycles. The maximum atomic E-state index is 12.8. The average Bonchev–Trinajstić information content (AvgIpc) is 2.85. The summed E-state index contributed by atoms with van der Waals surface area (Å²) in [6.45, 7) is 2.55. The molecule has 0 atom stereocenters. The summed E-state index contributed by atoms with van der Waals surface area (Å²) in [5.41, 5.74) is 0.910. The van der Waals surface area contributed by atoms with Gasteiger partial charge in [-0.25, -0.2) is 17.9 Å². The molecule has 144 valence electrons. The molecule has 2 heterocycles. The Kier molecular flexibility index (Phi) is 5.25. The van der Waals surface area contributed by atoms with Crippen LogP contribution in [0.2, 0.25) is 0 Å². The monoisotopic (exact) mass is 382 g/mol. The first-order valence-electron chi connectivity index (χ1n) is 8.64. The number of aromatic nitrogens is 2. The predicted octanol–water partition coefficient (Wildman–Crippen LogP) is 0.172. The van der Waals surface area contributed by atoms with Gasteiger partial charge >= 0.3 is 5.69 Å². The van der Waals surface area contributed by atoms with Gasteiger partial charge in [0.25, 0.3) is 0 Å². The Morgan fingerprint density at radius 1 is 1.19 bits per heavy atom. The third kappa shape index (κ3) is 3.44. The number of sulfonamides is 1. The largest absolute Gasteiger partial charge is 0.384 e. The van der Waals surface area contributed by atoms with E-state index in [1.54, 1.807) is 33.3 Å². The lowest BCUT2D eigenvalue weighted by Gasteiger charge is -2.37. The Morgan fingerprint density at radius 2 is 1.85 bits per heavy atom. The van der Waals surface area contributed by atoms with Crippen LogP contribution in [0.4, 0.5) is 0 Å². The summed E-state index contributed by atoms with van der Waals surface area (Å²) in [6, 6.07) is 4.75. The van der Waals surface area contributed by atoms with E-state index in [2.05, 4.69) is 10.0 Å². The van der Waals surface area contributed by atoms with E-state index >= 15 is 0 Å². The molecular formula is C17H26N4O4S. The number of methoxy groups -OCH3 is 1. The first kappa shape index (κ1) is 19.1. The predicted molar refractivity (Wildman–Crippen MR) is 99.8 cm³/mol. The third-order valence-electron chi connectivity index (χ3n) is 5.31. The number of nitrogens with zero attached hydrogens (tertiary/aromatic N) is 2. The molecule has 1 aliphatic rings. The number of benzene rings is 1. The lowest BCUT2D eigenvalue weighted by molar-refractivity contribution is 0.0577. The van der Waals surface area contributed by atoms with Crippen molar-refractivity contribution in [2.45, 2.75) is 17.7 Å². The molecule has 1 saturated heterocycles. The normalized spacial score (nSPS) is 17.7. The Hall–Kier alpha value is -1.68. The number of rotatable bonds is 6. The van der Waals surface area contributed by atoms with E-state index in [9.17, 15) is 13.2 Å². The minimum absolute atomic E-state index is 0.160. The third-order valence-corrected chi connectivity index (χ3v) is 6.70. The highest BCUT2D eigenvalue weighted by atomic mass is 32.2. The number of ether oxygens (including phenoxy) is 1. The first-order chi connectivity index (χ1) is 12.3. The van der Waals surface area contributed by atoms with Crippen LogP contribution in [0.1, 0.15) is 12.8 Å². The number of aryl methyl sites for hydroxylation is 2. The molecule has 0 saturated carbocycles. The minimum Gasteiger partial charge on any atom is -0.384 e. The zero-order chi connectivity index (χ0) is 18.9. The van der Waals surface area contributed by atoms with Crippen LogP contribution in [0.3, 0.4) is 0 Å². The molecule has 2 aromatic rings. The van der Waals surface area contributed by atoms with Gasteiger partial charge in [0.1, 0.15) is 0 Å². The van der Waals surface area contributed by atoms with Crippen molar-refractivity contribution in [1.82, 2.24) is 19.2 Å². The van der Waals surface area contributed by atoms with Crippen molar-refractivity contribution in [3.63, 3.8) is 0 Å². The Bertz CT molecular complexity index is 950. The van der Waals surface area contributed by atoms with E-state index in [1.807, 2.05) is 0 Å². The Balaban J connectivity index is 1.87. The molecule has 0 radical (unpaired) electrons. The van der Waals surface area contributed by atoms with Gasteiger partial charge < -0.3 is 10.1 Å². The Morgan fingerprint density at radius 3 is 2.50 bits per heavy atom. The lowest BCUT2D eigenvalue weighted by atomic mass is 9.80. The van der Waals surface area contributed by atoms with Crippen LogP contribution in [-0.4, -0.2) is 50.9 Å². The topological polar surface area (TPSA) is 94.4 Å². The average molecular weight is 382 g/mol. The molecule has 0 unspecified atom stereocenters. The van der Waals surface area contributed by atoms with Crippen molar-refractivity contribution >= 4 is 21.1 Å². The molecule has 1 fully saturated rings. The summed E-state index contributed by atoms with van der Waals surface area (Å²) in [5, 5.41) is 3.29. The SMILES string of the molecule is COCC1(CNS(=O)(=O)c2ccc3c(c2)n(C)c(=O)n3C)CCNCC1. The maximum Gasteiger partial charge on any atom is 0.328 e. The molecule has 0 spiro atoms. The molecule has 0 bridgehead atoms. The lowest BCUT2D eigenvalue weighted by Crippen LogP contribution is -2.47. The second kappa shape index (κ2) is 7.15. The van der Waals surface area contributed by atoms with Crippen molar-refractivity contribution in [3.8, 4) is 0 Å². The quantitative estimate of drug-likeness (QED) is 0.743. The minimum atomic E-state index is -3.68. The fourth-order valence-electron chi connectivity index (χ4n) is 3.62. The van der Waals surface area contributed by atoms with Crippen molar-refractivity contribution in [2.75, 3.05) is 33.4 Å². The summed E-state index contributed by atoms with van der Waals surface area (Å²) in [6.07, 6.45) is 1.71. The molecule has 2 N–H and O–H groups in total. The summed E-state index contributed by atoms with van der Waals surface area (Å²) >= 11 is 0. The van der Waals surface area contributed by atoms with Gasteiger partial charge in [0, 0.05) is 33.2 Å². The van der Waals surface area contributed by atoms with Crippen LogP contribution >= 0.6 is 0 Å². The molecule has 1 aromatic heterocycles. The summed E-state index contributed by atoms with van der Waals surface area (Å²) < 4.78 is 36.7. The number of piperidine rings is 1. The number of fused-ring (bicyclic) bond motifs is 1. The molecule has 26 heavy (non-hydrogen) atoms. The van der Waals surface area contributed by atoms with Gasteiger partial charge in [0.15, 0.2) is 0 Å². The molecule has 3 rings (SSSR count). The summed E-state index contributed by atoms with van der Waals surface area (Å²) in [5.74, 6) is 0. The number of hydrogen-bond donors (Lipinski definition) is 2. The first-order valence-corrected chi connectivity index (χ1v) is 10.1. The van der Waals surface area contributed by atoms with E-state index in [1.165, 1.54) is 15.2 Å². The second-order valence-corrected chi connectivity index (χ2v) is 8.83. The van der Waals surface area contributed by atoms with E-state index in [0.29, 0.717) is 24.2 Å². The van der Waals surface area contributed by atoms with Gasteiger partial charge in [-0.15, -0.1) is 0 Å². The van der Waals surface area contributed by atoms with Gasteiger partial charge in [-0.05, 0) is 44.1 Å². The van der Waals surface area contributed by atoms with Crippen LogP contribution in [-0.2, 0) is 28.9 Å². The van der Waals surface area contributed by atoms with Crippen LogP contribution in [0.15, 0.2) is 27.9 Å². The van der Waals surface area contributed by atoms with Gasteiger partial charge in [0.2, 0.25) is 10.0 Å². The van der Waals surface area contributed by atoms with Gasteiger partial charge in [0.05, 0.1) is 22.5 Å². The van der Waals surface area contributed by atoms with E-state index < -0.39 is 10.0 Å². The molecule has 1 aliphatic heterocycles. The number of hydrogen-bond acceptors (Lipinski definition) is 5. The van der Waals surface area contributed by atoms with Crippen LogP contribution in [0, 0.1) is 5.41 Å². The van der Waals surface area contributed by atoms with Crippen LogP contribution < -0.4 is 15.7 Å². The van der Waals surface area contributed by atoms with Crippen molar-refractivity contribution in [3.05, 3.63) is 28.7 Å². The van der Waals surface area contributed by atoms with E-state index in [0.717, 1.165) is 25.9 Å². The highest BCUT2D eigenvalue weighted by Gasteiger charge is 2.33. The van der Waals surface area contributed by atoms with Gasteiger partial charge in [-0.3, -0.25) is 9.13 Å². The summed E-state index contributed by atoms with van der Waals surface area (Å²) in [7, 11) is 1.27. The molecule has 0 amide bonds. The van der Waals surface area contributed by atoms with Gasteiger partial charge in [-0.1, -0.05) is 0 Å². The van der Waals surface area contributed by atoms with Crippen LogP contribution in [0.25, 0.3) is 11.0 Å². The smallest absolute Gasteiger partial charge is 0.328 e. The highest BCUT2D eigenvalue weighted by molar-refractivity contribution is 7.89. The standard InChI is InChI=1S/C17H26N4O4S/c1-20-14-5-4-13(10-15(14)21(2)16(20)22)26(23,24)19-11-17(12-25-3)6-8-18-9-7-17/h4-5,10,18-19H,6-9,11-12H2,1-3H3.